The van der Waals surface area contributed by atoms with Crippen LogP contribution < -0.4 is 17.2 Å². The summed E-state index contributed by atoms with van der Waals surface area (Å²) in [7, 11) is -3.12. The lowest BCUT2D eigenvalue weighted by Gasteiger charge is -1.93. The van der Waals surface area contributed by atoms with Gasteiger partial charge in [-0.1, -0.05) is 0 Å². The van der Waals surface area contributed by atoms with Gasteiger partial charge < -0.3 is 17.2 Å². The summed E-state index contributed by atoms with van der Waals surface area (Å²) < 4.78 is 17.2. The summed E-state index contributed by atoms with van der Waals surface area (Å²) in [6.45, 7) is 0. The van der Waals surface area contributed by atoms with Gasteiger partial charge in [0, 0.05) is 0 Å². The van der Waals surface area contributed by atoms with Crippen LogP contribution in [0.3, 0.4) is 0 Å². The molecule has 0 spiro atoms. The highest BCUT2D eigenvalue weighted by atomic mass is 31.1. The molecule has 10 heteroatoms. The Morgan fingerprint density at radius 1 is 0.923 bits per heavy atom. The Bertz CT molecular complexity index is 292. The van der Waals surface area contributed by atoms with E-state index in [0.717, 1.165) is 0 Å². The second-order valence-electron chi connectivity index (χ2n) is 1.65. The fourth-order valence-corrected chi connectivity index (χ4v) is 0.427. The highest BCUT2D eigenvalue weighted by Crippen LogP contribution is 1.97. The summed E-state index contributed by atoms with van der Waals surface area (Å²) in [5.74, 6) is 0.125. The van der Waals surface area contributed by atoms with Crippen molar-refractivity contribution in [2.45, 2.75) is 0 Å². The van der Waals surface area contributed by atoms with E-state index in [-0.39, 0.29) is 17.8 Å². The third-order valence-corrected chi connectivity index (χ3v) is 0.687. The Morgan fingerprint density at radius 3 is 1.23 bits per heavy atom. The molecule has 9 nitrogen and oxygen atoms in total. The van der Waals surface area contributed by atoms with Crippen LogP contribution in [0, 0.1) is 0 Å². The highest BCUT2D eigenvalue weighted by Gasteiger charge is 1.93. The van der Waals surface area contributed by atoms with Gasteiger partial charge in [-0.3, -0.25) is 4.89 Å². The Morgan fingerprint density at radius 2 is 1.08 bits per heavy atom. The predicted octanol–water partition coefficient (Wildman–Crippen LogP) is -1.32. The standard InChI is InChI=1S/C3H6N6.HO3P/c4-1-7-2(5)9-3(6)8-1;1-4(2)3/h(H6,4,5,6,7,8,9);(H,1,2,3). The van der Waals surface area contributed by atoms with Crippen molar-refractivity contribution < 1.29 is 14.0 Å². The molecular weight excluding hydrogens is 199 g/mol. The van der Waals surface area contributed by atoms with Gasteiger partial charge in [-0.25, -0.2) is 9.13 Å². The molecule has 0 saturated heterocycles. The number of anilines is 3. The van der Waals surface area contributed by atoms with Crippen molar-refractivity contribution in [3.05, 3.63) is 0 Å². The zero-order chi connectivity index (χ0) is 10.4. The van der Waals surface area contributed by atoms with E-state index in [1.165, 1.54) is 0 Å². The van der Waals surface area contributed by atoms with E-state index < -0.39 is 7.91 Å². The summed E-state index contributed by atoms with van der Waals surface area (Å²) in [4.78, 5) is 17.5. The predicted molar refractivity (Wildman–Crippen MR) is 43.6 cm³/mol. The molecular formula is C3H7N6O3P. The van der Waals surface area contributed by atoms with Gasteiger partial charge in [-0.2, -0.15) is 15.0 Å². The van der Waals surface area contributed by atoms with Crippen LogP contribution in [0.2, 0.25) is 0 Å². The first kappa shape index (κ1) is 11.3. The van der Waals surface area contributed by atoms with Gasteiger partial charge in [0.15, 0.2) is 0 Å². The van der Waals surface area contributed by atoms with Crippen molar-refractivity contribution in [1.29, 1.82) is 0 Å². The summed E-state index contributed by atoms with van der Waals surface area (Å²) in [6.07, 6.45) is 0. The first-order valence-corrected chi connectivity index (χ1v) is 3.90. The van der Waals surface area contributed by atoms with Gasteiger partial charge in [0.25, 0.3) is 0 Å². The number of aromatic nitrogens is 3. The SMILES string of the molecule is Nc1nc(N)nc(N)n1.O=P(=O)O. The molecule has 0 saturated carbocycles. The topological polar surface area (TPSA) is 171 Å². The summed E-state index contributed by atoms with van der Waals surface area (Å²) in [5, 5.41) is 0. The van der Waals surface area contributed by atoms with E-state index >= 15 is 0 Å². The van der Waals surface area contributed by atoms with Crippen molar-refractivity contribution in [2.24, 2.45) is 0 Å². The van der Waals surface area contributed by atoms with Gasteiger partial charge in [0.2, 0.25) is 17.8 Å². The second kappa shape index (κ2) is 5.01. The molecule has 13 heavy (non-hydrogen) atoms. The fraction of sp³-hybridized carbons (Fsp3) is 0. The van der Waals surface area contributed by atoms with Crippen molar-refractivity contribution in [2.75, 3.05) is 17.2 Å². The molecule has 0 aromatic carbocycles. The zero-order valence-corrected chi connectivity index (χ0v) is 7.18. The zero-order valence-electron chi connectivity index (χ0n) is 6.28. The van der Waals surface area contributed by atoms with Crippen LogP contribution >= 0.6 is 7.91 Å². The maximum atomic E-state index is 8.59. The Hall–Kier alpha value is -1.73. The van der Waals surface area contributed by atoms with Gasteiger partial charge in [0.1, 0.15) is 0 Å². The maximum Gasteiger partial charge on any atom is 0.465 e. The molecule has 1 heterocycles. The maximum absolute atomic E-state index is 8.59. The number of hydrogen-bond acceptors (Lipinski definition) is 8. The molecule has 1 rings (SSSR count). The molecule has 72 valence electrons. The van der Waals surface area contributed by atoms with Crippen molar-refractivity contribution in [3.63, 3.8) is 0 Å². The Kier molecular flexibility index (Phi) is 4.34. The normalized spacial score (nSPS) is 8.38. The average Bonchev–Trinajstić information content (AvgIpc) is 1.80. The lowest BCUT2D eigenvalue weighted by atomic mass is 10.9. The monoisotopic (exact) mass is 206 g/mol. The highest BCUT2D eigenvalue weighted by molar-refractivity contribution is 7.23. The minimum Gasteiger partial charge on any atom is -0.368 e. The number of nitrogen functional groups attached to an aromatic ring is 3. The summed E-state index contributed by atoms with van der Waals surface area (Å²) in [6, 6.07) is 0. The average molecular weight is 206 g/mol. The summed E-state index contributed by atoms with van der Waals surface area (Å²) in [5.41, 5.74) is 15.4. The van der Waals surface area contributed by atoms with Crippen LogP contribution in [0.15, 0.2) is 0 Å². The van der Waals surface area contributed by atoms with Crippen LogP contribution in [0.25, 0.3) is 0 Å². The molecule has 0 unspecified atom stereocenters. The van der Waals surface area contributed by atoms with Crippen LogP contribution in [0.1, 0.15) is 0 Å². The molecule has 0 aliphatic carbocycles. The van der Waals surface area contributed by atoms with Crippen molar-refractivity contribution >= 4 is 25.8 Å². The molecule has 0 bridgehead atoms. The minimum absolute atomic E-state index is 0.0417. The van der Waals surface area contributed by atoms with Crippen LogP contribution in [-0.4, -0.2) is 19.8 Å². The Balaban J connectivity index is 0.000000310. The molecule has 0 atom stereocenters. The molecule has 0 radical (unpaired) electrons. The summed E-state index contributed by atoms with van der Waals surface area (Å²) >= 11 is 0. The number of nitrogens with two attached hydrogens (primary N) is 3. The molecule has 0 amide bonds. The fourth-order valence-electron chi connectivity index (χ4n) is 0.427. The van der Waals surface area contributed by atoms with Crippen molar-refractivity contribution in [1.82, 2.24) is 15.0 Å². The van der Waals surface area contributed by atoms with E-state index in [2.05, 4.69) is 15.0 Å². The molecule has 1 aromatic rings. The Labute approximate surface area is 72.9 Å². The van der Waals surface area contributed by atoms with E-state index in [9.17, 15) is 0 Å². The van der Waals surface area contributed by atoms with Gasteiger partial charge >= 0.3 is 7.91 Å². The smallest absolute Gasteiger partial charge is 0.368 e. The third kappa shape index (κ3) is 6.66. The van der Waals surface area contributed by atoms with Crippen LogP contribution in [0.5, 0.6) is 0 Å². The molecule has 1 aromatic heterocycles. The molecule has 0 aliphatic heterocycles. The third-order valence-electron chi connectivity index (χ3n) is 0.687. The van der Waals surface area contributed by atoms with Crippen molar-refractivity contribution in [3.8, 4) is 0 Å². The lowest BCUT2D eigenvalue weighted by Crippen LogP contribution is -2.05. The van der Waals surface area contributed by atoms with E-state index in [0.29, 0.717) is 0 Å². The van der Waals surface area contributed by atoms with E-state index in [1.54, 1.807) is 0 Å². The van der Waals surface area contributed by atoms with E-state index in [1.807, 2.05) is 0 Å². The minimum atomic E-state index is -3.12. The van der Waals surface area contributed by atoms with Gasteiger partial charge in [0.05, 0.1) is 0 Å². The van der Waals surface area contributed by atoms with E-state index in [4.69, 9.17) is 31.2 Å². The van der Waals surface area contributed by atoms with Gasteiger partial charge in [-0.15, -0.1) is 0 Å². The largest absolute Gasteiger partial charge is 0.465 e. The first-order chi connectivity index (χ1) is 5.91. The second-order valence-corrected chi connectivity index (χ2v) is 2.12. The van der Waals surface area contributed by atoms with Crippen LogP contribution in [-0.2, 0) is 9.13 Å². The first-order valence-electron chi connectivity index (χ1n) is 2.77. The number of nitrogens with zero attached hydrogens (tertiary/aromatic N) is 3. The molecule has 0 aliphatic rings. The van der Waals surface area contributed by atoms with Gasteiger partial charge in [-0.05, 0) is 0 Å². The number of rotatable bonds is 0. The molecule has 7 N–H and O–H groups in total. The van der Waals surface area contributed by atoms with Crippen LogP contribution in [0.4, 0.5) is 17.8 Å². The molecule has 0 fully saturated rings. The number of hydrogen-bond donors (Lipinski definition) is 4. The lowest BCUT2D eigenvalue weighted by molar-refractivity contribution is 0.434. The quantitative estimate of drug-likeness (QED) is 0.375.